The number of rotatable bonds is 2. The highest BCUT2D eigenvalue weighted by atomic mass is 19.4. The molecule has 0 spiro atoms. The molecule has 0 aliphatic carbocycles. The summed E-state index contributed by atoms with van der Waals surface area (Å²) < 4.78 is 116. The third kappa shape index (κ3) is 3.40. The zero-order chi connectivity index (χ0) is 20.0. The van der Waals surface area contributed by atoms with Crippen LogP contribution in [0.3, 0.4) is 0 Å². The first-order chi connectivity index (χ1) is 11.0. The molecule has 0 aliphatic heterocycles. The van der Waals surface area contributed by atoms with E-state index in [1.165, 1.54) is 31.3 Å². The molecule has 0 aliphatic rings. The molecule has 142 valence electrons. The lowest BCUT2D eigenvalue weighted by Gasteiger charge is -2.37. The summed E-state index contributed by atoms with van der Waals surface area (Å²) in [4.78, 5) is 11.7. The minimum absolute atomic E-state index is 0.0197. The fraction of sp³-hybridized carbons (Fsp3) is 0.500. The van der Waals surface area contributed by atoms with E-state index in [1.54, 1.807) is 6.92 Å². The number of anilines is 1. The summed E-state index contributed by atoms with van der Waals surface area (Å²) >= 11 is 0. The van der Waals surface area contributed by atoms with Gasteiger partial charge in [0.1, 0.15) is 0 Å². The number of hydrogen-bond donors (Lipinski definition) is 1. The van der Waals surface area contributed by atoms with Crippen molar-refractivity contribution in [1.29, 1.82) is 0 Å². The first-order valence-electron chi connectivity index (χ1n) is 6.56. The second-order valence-corrected chi connectivity index (χ2v) is 5.47. The summed E-state index contributed by atoms with van der Waals surface area (Å²) in [5.41, 5.74) is -6.49. The summed E-state index contributed by atoms with van der Waals surface area (Å²) in [7, 11) is 0. The molecule has 25 heavy (non-hydrogen) atoms. The van der Waals surface area contributed by atoms with Crippen molar-refractivity contribution in [2.24, 2.45) is 5.41 Å². The van der Waals surface area contributed by atoms with Crippen LogP contribution in [0.4, 0.5) is 45.2 Å². The molecule has 2 nitrogen and oxygen atoms in total. The number of amides is 1. The van der Waals surface area contributed by atoms with Gasteiger partial charge in [-0.25, -0.2) is 0 Å². The molecular weight excluding hydrogens is 369 g/mol. The van der Waals surface area contributed by atoms with Gasteiger partial charge in [0.15, 0.2) is 0 Å². The van der Waals surface area contributed by atoms with Crippen molar-refractivity contribution in [3.05, 3.63) is 28.8 Å². The molecule has 1 aromatic rings. The molecule has 0 aromatic heterocycles. The largest absolute Gasteiger partial charge is 0.421 e. The second kappa shape index (κ2) is 6.10. The van der Waals surface area contributed by atoms with Gasteiger partial charge < -0.3 is 5.32 Å². The number of halogens is 9. The van der Waals surface area contributed by atoms with Crippen LogP contribution in [0.1, 0.15) is 16.7 Å². The summed E-state index contributed by atoms with van der Waals surface area (Å²) in [5.74, 6) is -3.25. The minimum Gasteiger partial charge on any atom is -0.324 e. The smallest absolute Gasteiger partial charge is 0.324 e. The Morgan fingerprint density at radius 1 is 0.760 bits per heavy atom. The fourth-order valence-corrected chi connectivity index (χ4v) is 2.45. The van der Waals surface area contributed by atoms with Crippen LogP contribution in [0, 0.1) is 26.2 Å². The van der Waals surface area contributed by atoms with Crippen molar-refractivity contribution in [2.45, 2.75) is 39.3 Å². The Morgan fingerprint density at radius 2 is 1.08 bits per heavy atom. The van der Waals surface area contributed by atoms with Gasteiger partial charge >= 0.3 is 23.9 Å². The zero-order valence-electron chi connectivity index (χ0n) is 13.0. The summed E-state index contributed by atoms with van der Waals surface area (Å²) in [6.45, 7) is 4.01. The molecule has 11 heteroatoms. The number of carbonyl (C=O) groups is 1. The van der Waals surface area contributed by atoms with Gasteiger partial charge in [-0.1, -0.05) is 17.7 Å². The Morgan fingerprint density at radius 3 is 1.36 bits per heavy atom. The molecule has 1 aromatic carbocycles. The van der Waals surface area contributed by atoms with E-state index in [0.717, 1.165) is 0 Å². The summed E-state index contributed by atoms with van der Waals surface area (Å²) in [6.07, 6.45) is -20.8. The Hall–Kier alpha value is -1.94. The van der Waals surface area contributed by atoms with E-state index in [-0.39, 0.29) is 11.1 Å². The van der Waals surface area contributed by atoms with Crippen LogP contribution in [0.15, 0.2) is 12.1 Å². The first kappa shape index (κ1) is 21.1. The van der Waals surface area contributed by atoms with Crippen LogP contribution in [0.5, 0.6) is 0 Å². The van der Waals surface area contributed by atoms with E-state index >= 15 is 0 Å². The summed E-state index contributed by atoms with van der Waals surface area (Å²) in [5, 5.41) is 1.17. The van der Waals surface area contributed by atoms with Gasteiger partial charge in [0.2, 0.25) is 0 Å². The number of carbonyl (C=O) groups excluding carboxylic acids is 1. The van der Waals surface area contributed by atoms with Gasteiger partial charge in [-0.05, 0) is 31.9 Å². The number of hydrogen-bond acceptors (Lipinski definition) is 1. The summed E-state index contributed by atoms with van der Waals surface area (Å²) in [6, 6.07) is 2.58. The van der Waals surface area contributed by atoms with Crippen molar-refractivity contribution >= 4 is 11.6 Å². The molecule has 0 saturated carbocycles. The Labute approximate surface area is 136 Å². The maximum Gasteiger partial charge on any atom is 0.421 e. The van der Waals surface area contributed by atoms with E-state index in [2.05, 4.69) is 0 Å². The van der Waals surface area contributed by atoms with E-state index in [9.17, 15) is 44.3 Å². The average molecular weight is 381 g/mol. The Kier molecular flexibility index (Phi) is 5.15. The highest BCUT2D eigenvalue weighted by molar-refractivity contribution is 5.98. The van der Waals surface area contributed by atoms with Gasteiger partial charge in [-0.2, -0.15) is 39.5 Å². The highest BCUT2D eigenvalue weighted by Crippen LogP contribution is 2.59. The SMILES string of the molecule is Cc1cc(C)c(NC(=O)C(C(F)(F)F)(C(F)(F)F)C(F)(F)F)c(C)c1. The fourth-order valence-electron chi connectivity index (χ4n) is 2.45. The average Bonchev–Trinajstić information content (AvgIpc) is 2.28. The van der Waals surface area contributed by atoms with Crippen molar-refractivity contribution in [1.82, 2.24) is 0 Å². The third-order valence-electron chi connectivity index (χ3n) is 3.53. The maximum atomic E-state index is 12.9. The van der Waals surface area contributed by atoms with Crippen LogP contribution >= 0.6 is 0 Å². The van der Waals surface area contributed by atoms with Crippen LogP contribution in [-0.2, 0) is 4.79 Å². The molecular formula is C14H12F9NO. The molecule has 1 amide bonds. The van der Waals surface area contributed by atoms with Gasteiger partial charge in [0.25, 0.3) is 5.91 Å². The lowest BCUT2D eigenvalue weighted by molar-refractivity contribution is -0.405. The van der Waals surface area contributed by atoms with E-state index in [1.807, 2.05) is 0 Å². The van der Waals surface area contributed by atoms with Crippen molar-refractivity contribution in [2.75, 3.05) is 5.32 Å². The third-order valence-corrected chi connectivity index (χ3v) is 3.53. The Balaban J connectivity index is 3.62. The zero-order valence-corrected chi connectivity index (χ0v) is 13.0. The molecule has 0 atom stereocenters. The van der Waals surface area contributed by atoms with Gasteiger partial charge in [0, 0.05) is 5.69 Å². The van der Waals surface area contributed by atoms with Crippen molar-refractivity contribution in [3.8, 4) is 0 Å². The number of benzene rings is 1. The van der Waals surface area contributed by atoms with Crippen LogP contribution in [0.25, 0.3) is 0 Å². The topological polar surface area (TPSA) is 29.1 Å². The molecule has 0 bridgehead atoms. The standard InChI is InChI=1S/C14H12F9NO/c1-6-4-7(2)9(8(3)5-6)24-10(25)11(12(15,16)17,13(18,19)20)14(21,22)23/h4-5H,1-3H3,(H,24,25). The number of alkyl halides is 9. The molecule has 0 unspecified atom stereocenters. The minimum atomic E-state index is -6.94. The van der Waals surface area contributed by atoms with Crippen LogP contribution in [-0.4, -0.2) is 24.4 Å². The maximum absolute atomic E-state index is 12.9. The second-order valence-electron chi connectivity index (χ2n) is 5.47. The van der Waals surface area contributed by atoms with E-state index < -0.39 is 35.5 Å². The van der Waals surface area contributed by atoms with E-state index in [4.69, 9.17) is 0 Å². The predicted octanol–water partition coefficient (Wildman–Crippen LogP) is 5.22. The normalized spacial score (nSPS) is 13.8. The van der Waals surface area contributed by atoms with Gasteiger partial charge in [-0.3, -0.25) is 4.79 Å². The molecule has 0 heterocycles. The molecule has 0 radical (unpaired) electrons. The van der Waals surface area contributed by atoms with Crippen LogP contribution < -0.4 is 5.32 Å². The number of aryl methyl sites for hydroxylation is 3. The predicted molar refractivity (Wildman–Crippen MR) is 69.9 cm³/mol. The molecule has 0 fully saturated rings. The lowest BCUT2D eigenvalue weighted by Crippen LogP contribution is -2.65. The van der Waals surface area contributed by atoms with Crippen molar-refractivity contribution < 1.29 is 44.3 Å². The molecule has 0 saturated heterocycles. The number of nitrogens with one attached hydrogen (secondary N) is 1. The lowest BCUT2D eigenvalue weighted by atomic mass is 9.83. The van der Waals surface area contributed by atoms with E-state index in [0.29, 0.717) is 5.56 Å². The van der Waals surface area contributed by atoms with Gasteiger partial charge in [0.05, 0.1) is 0 Å². The molecule has 1 rings (SSSR count). The monoisotopic (exact) mass is 381 g/mol. The highest BCUT2D eigenvalue weighted by Gasteiger charge is 2.88. The van der Waals surface area contributed by atoms with Crippen molar-refractivity contribution in [3.63, 3.8) is 0 Å². The first-order valence-corrected chi connectivity index (χ1v) is 6.56. The van der Waals surface area contributed by atoms with Crippen LogP contribution in [0.2, 0.25) is 0 Å². The van der Waals surface area contributed by atoms with Gasteiger partial charge in [-0.15, -0.1) is 0 Å². The molecule has 1 N–H and O–H groups in total. The quantitative estimate of drug-likeness (QED) is 0.699. The Bertz CT molecular complexity index is 611.